The van der Waals surface area contributed by atoms with Gasteiger partial charge in [0.25, 0.3) is 5.91 Å². The fourth-order valence-corrected chi connectivity index (χ4v) is 5.87. The number of amides is 2. The first-order chi connectivity index (χ1) is 18.2. The van der Waals surface area contributed by atoms with Crippen LogP contribution in [0, 0.1) is 0 Å². The van der Waals surface area contributed by atoms with Crippen molar-refractivity contribution in [3.8, 4) is 11.3 Å². The number of hydrogen-bond donors (Lipinski definition) is 3. The highest BCUT2D eigenvalue weighted by Crippen LogP contribution is 2.36. The number of aromatic nitrogens is 2. The third kappa shape index (κ3) is 5.84. The molecule has 1 aromatic carbocycles. The lowest BCUT2D eigenvalue weighted by Crippen LogP contribution is -2.54. The minimum atomic E-state index is -0.422. The van der Waals surface area contributed by atoms with Gasteiger partial charge < -0.3 is 20.4 Å². The van der Waals surface area contributed by atoms with Crippen molar-refractivity contribution in [3.63, 3.8) is 0 Å². The number of rotatable bonds is 7. The average molecular weight is 599 g/mol. The Morgan fingerprint density at radius 3 is 2.55 bits per heavy atom. The molecule has 5 rings (SSSR count). The van der Waals surface area contributed by atoms with E-state index in [1.807, 2.05) is 12.1 Å². The van der Waals surface area contributed by atoms with E-state index >= 15 is 0 Å². The summed E-state index contributed by atoms with van der Waals surface area (Å²) >= 11 is 25.1. The van der Waals surface area contributed by atoms with Gasteiger partial charge >= 0.3 is 0 Å². The molecule has 8 nitrogen and oxygen atoms in total. The average Bonchev–Trinajstić information content (AvgIpc) is 3.39. The Bertz CT molecular complexity index is 1330. The number of carbonyl (C=O) groups excluding carboxylic acids is 2. The summed E-state index contributed by atoms with van der Waals surface area (Å²) in [6.45, 7) is 0.451. The van der Waals surface area contributed by atoms with Gasteiger partial charge in [-0.25, -0.2) is 0 Å². The second-order valence-corrected chi connectivity index (χ2v) is 11.4. The minimum absolute atomic E-state index is 0.0363. The number of piperidine rings is 1. The van der Waals surface area contributed by atoms with Crippen LogP contribution in [0.4, 0.5) is 0 Å². The predicted octanol–water partition coefficient (Wildman–Crippen LogP) is 5.60. The summed E-state index contributed by atoms with van der Waals surface area (Å²) in [7, 11) is 1.72. The predicted molar refractivity (Wildman–Crippen MR) is 148 cm³/mol. The van der Waals surface area contributed by atoms with Crippen LogP contribution in [-0.2, 0) is 11.8 Å². The van der Waals surface area contributed by atoms with Crippen LogP contribution in [-0.4, -0.2) is 46.3 Å². The third-order valence-corrected chi connectivity index (χ3v) is 8.60. The second kappa shape index (κ2) is 11.5. The SMILES string of the molecule is Cn1ncc(Cl)c1-c1cc(C(=O)N[C@@H]2CNC(CC(=O)NC3CCC3)C[C@H]2c2ccc(Cl)c(Cl)c2)oc1Cl. The van der Waals surface area contributed by atoms with E-state index in [0.29, 0.717) is 45.7 Å². The topological polar surface area (TPSA) is 101 Å². The molecule has 12 heteroatoms. The quantitative estimate of drug-likeness (QED) is 0.329. The summed E-state index contributed by atoms with van der Waals surface area (Å²) in [5, 5.41) is 15.0. The third-order valence-electron chi connectivity index (χ3n) is 7.30. The summed E-state index contributed by atoms with van der Waals surface area (Å²) in [5.41, 5.74) is 1.95. The zero-order chi connectivity index (χ0) is 27.0. The van der Waals surface area contributed by atoms with Gasteiger partial charge in [0.2, 0.25) is 11.1 Å². The van der Waals surface area contributed by atoms with Gasteiger partial charge in [-0.2, -0.15) is 5.10 Å². The smallest absolute Gasteiger partial charge is 0.287 e. The van der Waals surface area contributed by atoms with Crippen LogP contribution in [0.25, 0.3) is 11.3 Å². The van der Waals surface area contributed by atoms with Crippen molar-refractivity contribution in [1.29, 1.82) is 0 Å². The summed E-state index contributed by atoms with van der Waals surface area (Å²) in [4.78, 5) is 25.9. The molecule has 1 aliphatic heterocycles. The van der Waals surface area contributed by atoms with Gasteiger partial charge in [-0.1, -0.05) is 40.9 Å². The minimum Gasteiger partial charge on any atom is -0.439 e. The number of hydrogen-bond acceptors (Lipinski definition) is 5. The van der Waals surface area contributed by atoms with E-state index < -0.39 is 5.91 Å². The number of benzene rings is 1. The van der Waals surface area contributed by atoms with E-state index in [4.69, 9.17) is 50.8 Å². The van der Waals surface area contributed by atoms with E-state index in [2.05, 4.69) is 21.0 Å². The lowest BCUT2D eigenvalue weighted by molar-refractivity contribution is -0.123. The Balaban J connectivity index is 1.33. The molecule has 3 heterocycles. The molecule has 202 valence electrons. The Kier molecular flexibility index (Phi) is 8.26. The van der Waals surface area contributed by atoms with Gasteiger partial charge in [-0.15, -0.1) is 0 Å². The van der Waals surface area contributed by atoms with E-state index in [9.17, 15) is 9.59 Å². The zero-order valence-electron chi connectivity index (χ0n) is 20.6. The number of furan rings is 1. The van der Waals surface area contributed by atoms with Gasteiger partial charge in [0.05, 0.1) is 32.5 Å². The number of halogens is 4. The molecule has 1 saturated heterocycles. The van der Waals surface area contributed by atoms with Crippen molar-refractivity contribution in [2.75, 3.05) is 6.54 Å². The molecule has 3 aromatic rings. The lowest BCUT2D eigenvalue weighted by atomic mass is 9.81. The van der Waals surface area contributed by atoms with Crippen LogP contribution in [0.5, 0.6) is 0 Å². The first-order valence-electron chi connectivity index (χ1n) is 12.5. The summed E-state index contributed by atoms with van der Waals surface area (Å²) in [6, 6.07) is 6.94. The van der Waals surface area contributed by atoms with Crippen molar-refractivity contribution >= 4 is 58.2 Å². The maximum Gasteiger partial charge on any atom is 0.287 e. The van der Waals surface area contributed by atoms with Gasteiger partial charge in [0.15, 0.2) is 5.76 Å². The van der Waals surface area contributed by atoms with Crippen molar-refractivity contribution in [1.82, 2.24) is 25.7 Å². The lowest BCUT2D eigenvalue weighted by Gasteiger charge is -2.38. The fourth-order valence-electron chi connectivity index (χ4n) is 5.07. The first-order valence-corrected chi connectivity index (χ1v) is 14.0. The Labute approximate surface area is 240 Å². The normalized spacial score (nSPS) is 21.7. The molecule has 1 unspecified atom stereocenters. The van der Waals surface area contributed by atoms with Gasteiger partial charge in [-0.05, 0) is 55.0 Å². The zero-order valence-corrected chi connectivity index (χ0v) is 23.6. The number of nitrogens with one attached hydrogen (secondary N) is 3. The van der Waals surface area contributed by atoms with E-state index in [-0.39, 0.29) is 40.9 Å². The Hall–Kier alpha value is -2.23. The molecule has 3 N–H and O–H groups in total. The Morgan fingerprint density at radius 1 is 1.11 bits per heavy atom. The number of nitrogens with zero attached hydrogens (tertiary/aromatic N) is 2. The Morgan fingerprint density at radius 2 is 1.89 bits per heavy atom. The standard InChI is InChI=1S/C26H27Cl4N5O3/c1-35-24(20(29)11-32-35)17-10-22(38-25(17)30)26(37)34-21-12-31-15(9-23(36)33-14-3-2-4-14)8-16(21)13-5-6-18(27)19(28)7-13/h5-7,10-11,14-16,21,31H,2-4,8-9,12H2,1H3,(H,33,36)(H,34,37)/t15?,16-,21+/m0/s1. The fraction of sp³-hybridized carbons (Fsp3) is 0.423. The van der Waals surface area contributed by atoms with E-state index in [1.165, 1.54) is 6.20 Å². The summed E-state index contributed by atoms with van der Waals surface area (Å²) in [6.07, 6.45) is 5.71. The molecule has 0 spiro atoms. The molecule has 2 aliphatic rings. The van der Waals surface area contributed by atoms with Gasteiger partial charge in [0.1, 0.15) is 0 Å². The highest BCUT2D eigenvalue weighted by Gasteiger charge is 2.35. The van der Waals surface area contributed by atoms with E-state index in [0.717, 1.165) is 24.8 Å². The molecule has 38 heavy (non-hydrogen) atoms. The highest BCUT2D eigenvalue weighted by molar-refractivity contribution is 6.42. The first kappa shape index (κ1) is 27.3. The van der Waals surface area contributed by atoms with Crippen molar-refractivity contribution in [3.05, 3.63) is 62.1 Å². The maximum absolute atomic E-state index is 13.3. The highest BCUT2D eigenvalue weighted by atomic mass is 35.5. The summed E-state index contributed by atoms with van der Waals surface area (Å²) in [5.74, 6) is -0.450. The molecule has 2 amide bonds. The van der Waals surface area contributed by atoms with Crippen molar-refractivity contribution in [2.45, 2.75) is 56.1 Å². The van der Waals surface area contributed by atoms with Crippen LogP contribution < -0.4 is 16.0 Å². The molecule has 1 saturated carbocycles. The molecule has 0 radical (unpaired) electrons. The van der Waals surface area contributed by atoms with Crippen LogP contribution in [0.2, 0.25) is 20.3 Å². The number of carbonyl (C=O) groups is 2. The van der Waals surface area contributed by atoms with Crippen molar-refractivity contribution in [2.24, 2.45) is 7.05 Å². The number of aryl methyl sites for hydroxylation is 1. The van der Waals surface area contributed by atoms with Gasteiger partial charge in [-0.3, -0.25) is 14.3 Å². The molecule has 2 aromatic heterocycles. The van der Waals surface area contributed by atoms with Crippen molar-refractivity contribution < 1.29 is 14.0 Å². The monoisotopic (exact) mass is 597 g/mol. The second-order valence-electron chi connectivity index (χ2n) is 9.86. The molecule has 3 atom stereocenters. The molecular formula is C26H27Cl4N5O3. The van der Waals surface area contributed by atoms with Crippen LogP contribution in [0.15, 0.2) is 34.9 Å². The molecule has 1 aliphatic carbocycles. The van der Waals surface area contributed by atoms with E-state index in [1.54, 1.807) is 23.9 Å². The molecule has 0 bridgehead atoms. The van der Waals surface area contributed by atoms with Crippen LogP contribution in [0.1, 0.15) is 54.1 Å². The van der Waals surface area contributed by atoms with Crippen LogP contribution in [0.3, 0.4) is 0 Å². The molecular weight excluding hydrogens is 572 g/mol. The van der Waals surface area contributed by atoms with Crippen LogP contribution >= 0.6 is 46.4 Å². The maximum atomic E-state index is 13.3. The van der Waals surface area contributed by atoms with Gasteiger partial charge in [0, 0.05) is 50.1 Å². The molecule has 2 fully saturated rings. The largest absolute Gasteiger partial charge is 0.439 e. The summed E-state index contributed by atoms with van der Waals surface area (Å²) < 4.78 is 7.16.